The zero-order chi connectivity index (χ0) is 22.5. The molecule has 1 aromatic carbocycles. The van der Waals surface area contributed by atoms with Crippen LogP contribution in [0.15, 0.2) is 24.3 Å². The van der Waals surface area contributed by atoms with Gasteiger partial charge in [0.1, 0.15) is 10.5 Å². The summed E-state index contributed by atoms with van der Waals surface area (Å²) in [6, 6.07) is 8.76. The fourth-order valence-electron chi connectivity index (χ4n) is 4.13. The van der Waals surface area contributed by atoms with Crippen LogP contribution in [-0.2, 0) is 16.6 Å². The molecule has 2 rings (SSSR count). The van der Waals surface area contributed by atoms with Crippen molar-refractivity contribution in [2.45, 2.75) is 77.7 Å². The summed E-state index contributed by atoms with van der Waals surface area (Å²) in [5, 5.41) is 10.4. The SMILES string of the molecule is C#CC(O)(CC)CCc1ccc(C(CC)(CC)c2cc(C)c(C(=O)OC)s2)cc1C. The normalized spacial score (nSPS) is 13.5. The van der Waals surface area contributed by atoms with Crippen LogP contribution in [0.4, 0.5) is 0 Å². The summed E-state index contributed by atoms with van der Waals surface area (Å²) in [4.78, 5) is 14.0. The first-order valence-electron chi connectivity index (χ1n) is 10.7. The third-order valence-electron chi connectivity index (χ3n) is 6.52. The molecule has 1 unspecified atom stereocenters. The predicted molar refractivity (Wildman–Crippen MR) is 125 cm³/mol. The Labute approximate surface area is 185 Å². The lowest BCUT2D eigenvalue weighted by Crippen LogP contribution is -2.26. The molecule has 4 heteroatoms. The Morgan fingerprint density at radius 2 is 1.80 bits per heavy atom. The molecule has 0 saturated heterocycles. The number of esters is 1. The minimum Gasteiger partial charge on any atom is -0.465 e. The van der Waals surface area contributed by atoms with Gasteiger partial charge in [0.2, 0.25) is 0 Å². The van der Waals surface area contributed by atoms with Gasteiger partial charge in [-0.3, -0.25) is 0 Å². The van der Waals surface area contributed by atoms with Crippen LogP contribution in [-0.4, -0.2) is 23.8 Å². The molecule has 3 nitrogen and oxygen atoms in total. The number of carbonyl (C=O) groups is 1. The van der Waals surface area contributed by atoms with Gasteiger partial charge in [-0.05, 0) is 74.3 Å². The average molecular weight is 427 g/mol. The first-order chi connectivity index (χ1) is 14.2. The molecule has 1 atom stereocenters. The van der Waals surface area contributed by atoms with Crippen molar-refractivity contribution in [1.29, 1.82) is 0 Å². The molecule has 0 fully saturated rings. The molecule has 0 amide bonds. The van der Waals surface area contributed by atoms with E-state index in [1.54, 1.807) is 11.3 Å². The van der Waals surface area contributed by atoms with Crippen molar-refractivity contribution in [1.82, 2.24) is 0 Å². The Kier molecular flexibility index (Phi) is 7.91. The first kappa shape index (κ1) is 24.2. The van der Waals surface area contributed by atoms with E-state index < -0.39 is 5.60 Å². The summed E-state index contributed by atoms with van der Waals surface area (Å²) in [5.41, 5.74) is 3.45. The van der Waals surface area contributed by atoms with E-state index in [0.717, 1.165) is 24.8 Å². The van der Waals surface area contributed by atoms with Crippen molar-refractivity contribution >= 4 is 17.3 Å². The van der Waals surface area contributed by atoms with E-state index >= 15 is 0 Å². The van der Waals surface area contributed by atoms with E-state index in [2.05, 4.69) is 51.0 Å². The average Bonchev–Trinajstić information content (AvgIpc) is 3.15. The Morgan fingerprint density at radius 3 is 2.30 bits per heavy atom. The Hall–Kier alpha value is -2.09. The second-order valence-electron chi connectivity index (χ2n) is 8.07. The van der Waals surface area contributed by atoms with Crippen LogP contribution in [0.25, 0.3) is 0 Å². The van der Waals surface area contributed by atoms with Crippen LogP contribution in [0.1, 0.15) is 83.3 Å². The maximum atomic E-state index is 12.1. The minimum absolute atomic E-state index is 0.145. The van der Waals surface area contributed by atoms with Gasteiger partial charge in [-0.1, -0.05) is 44.9 Å². The highest BCUT2D eigenvalue weighted by molar-refractivity contribution is 7.14. The molecule has 30 heavy (non-hydrogen) atoms. The zero-order valence-corrected chi connectivity index (χ0v) is 19.9. The standard InChI is InChI=1S/C26H34O3S/c1-8-25(28,9-2)15-14-20-12-13-21(16-18(20)5)26(10-3,11-4)22-17-19(6)23(30-22)24(27)29-7/h1,12-13,16-17,28H,9-11,14-15H2,2-7H3. The van der Waals surface area contributed by atoms with Gasteiger partial charge in [0, 0.05) is 10.3 Å². The molecule has 2 aromatic rings. The number of aryl methyl sites for hydroxylation is 3. The van der Waals surface area contributed by atoms with Crippen LogP contribution < -0.4 is 0 Å². The van der Waals surface area contributed by atoms with Gasteiger partial charge in [0.05, 0.1) is 7.11 Å². The molecule has 0 spiro atoms. The van der Waals surface area contributed by atoms with E-state index in [1.807, 2.05) is 13.8 Å². The van der Waals surface area contributed by atoms with Gasteiger partial charge in [-0.25, -0.2) is 4.79 Å². The van der Waals surface area contributed by atoms with Crippen LogP contribution in [0, 0.1) is 26.2 Å². The molecule has 1 N–H and O–H groups in total. The van der Waals surface area contributed by atoms with Gasteiger partial charge in [0.25, 0.3) is 0 Å². The lowest BCUT2D eigenvalue weighted by Gasteiger charge is -2.32. The van der Waals surface area contributed by atoms with Gasteiger partial charge in [0.15, 0.2) is 0 Å². The maximum absolute atomic E-state index is 12.1. The van der Waals surface area contributed by atoms with Crippen molar-refractivity contribution in [3.05, 3.63) is 56.3 Å². The van der Waals surface area contributed by atoms with Crippen molar-refractivity contribution < 1.29 is 14.6 Å². The zero-order valence-electron chi connectivity index (χ0n) is 19.1. The third kappa shape index (κ3) is 4.63. The van der Waals surface area contributed by atoms with Gasteiger partial charge in [-0.2, -0.15) is 0 Å². The number of methoxy groups -OCH3 is 1. The fourth-order valence-corrected chi connectivity index (χ4v) is 5.57. The number of hydrogen-bond donors (Lipinski definition) is 1. The molecule has 0 aliphatic carbocycles. The molecular weight excluding hydrogens is 392 g/mol. The van der Waals surface area contributed by atoms with Crippen LogP contribution >= 0.6 is 11.3 Å². The summed E-state index contributed by atoms with van der Waals surface area (Å²) in [5.74, 6) is 2.26. The largest absolute Gasteiger partial charge is 0.465 e. The molecule has 0 saturated carbocycles. The highest BCUT2D eigenvalue weighted by Crippen LogP contribution is 2.44. The van der Waals surface area contributed by atoms with Crippen LogP contribution in [0.2, 0.25) is 0 Å². The number of aliphatic hydroxyl groups is 1. The van der Waals surface area contributed by atoms with Gasteiger partial charge < -0.3 is 9.84 Å². The van der Waals surface area contributed by atoms with Crippen molar-refractivity contribution in [2.24, 2.45) is 0 Å². The highest BCUT2D eigenvalue weighted by Gasteiger charge is 2.34. The first-order valence-corrected chi connectivity index (χ1v) is 11.5. The van der Waals surface area contributed by atoms with Crippen LogP contribution in [0.5, 0.6) is 0 Å². The summed E-state index contributed by atoms with van der Waals surface area (Å²) in [7, 11) is 1.43. The monoisotopic (exact) mass is 426 g/mol. The van der Waals surface area contributed by atoms with Gasteiger partial charge in [-0.15, -0.1) is 17.8 Å². The third-order valence-corrected chi connectivity index (χ3v) is 7.95. The molecule has 1 heterocycles. The molecule has 1 aromatic heterocycles. The molecule has 162 valence electrons. The predicted octanol–water partition coefficient (Wildman–Crippen LogP) is 5.96. The lowest BCUT2D eigenvalue weighted by atomic mass is 9.73. The fraction of sp³-hybridized carbons (Fsp3) is 0.500. The number of hydrogen-bond acceptors (Lipinski definition) is 4. The number of ether oxygens (including phenoxy) is 1. The summed E-state index contributed by atoms with van der Waals surface area (Å²) in [6.45, 7) is 10.4. The number of carbonyl (C=O) groups excluding carboxylic acids is 1. The number of benzene rings is 1. The second kappa shape index (κ2) is 9.81. The molecule has 0 aliphatic rings. The van der Waals surface area contributed by atoms with Gasteiger partial charge >= 0.3 is 5.97 Å². The Morgan fingerprint density at radius 1 is 1.13 bits per heavy atom. The molecule has 0 radical (unpaired) electrons. The van der Waals surface area contributed by atoms with E-state index in [0.29, 0.717) is 17.7 Å². The van der Waals surface area contributed by atoms with E-state index in [-0.39, 0.29) is 11.4 Å². The second-order valence-corrected chi connectivity index (χ2v) is 9.13. The summed E-state index contributed by atoms with van der Waals surface area (Å²) in [6.07, 6.45) is 9.25. The van der Waals surface area contributed by atoms with Crippen LogP contribution in [0.3, 0.4) is 0 Å². The number of terminal acetylenes is 1. The minimum atomic E-state index is -1.04. The highest BCUT2D eigenvalue weighted by atomic mass is 32.1. The lowest BCUT2D eigenvalue weighted by molar-refractivity contribution is 0.0605. The number of rotatable bonds is 9. The number of thiophene rings is 1. The van der Waals surface area contributed by atoms with Crippen molar-refractivity contribution in [3.8, 4) is 12.3 Å². The Balaban J connectivity index is 2.43. The van der Waals surface area contributed by atoms with E-state index in [1.165, 1.54) is 28.7 Å². The molecule has 0 bridgehead atoms. The molecule has 0 aliphatic heterocycles. The maximum Gasteiger partial charge on any atom is 0.348 e. The van der Waals surface area contributed by atoms with Crippen molar-refractivity contribution in [3.63, 3.8) is 0 Å². The topological polar surface area (TPSA) is 46.5 Å². The Bertz CT molecular complexity index is 930. The summed E-state index contributed by atoms with van der Waals surface area (Å²) < 4.78 is 4.96. The quantitative estimate of drug-likeness (QED) is 0.397. The summed E-state index contributed by atoms with van der Waals surface area (Å²) >= 11 is 1.54. The molecular formula is C26H34O3S. The van der Waals surface area contributed by atoms with E-state index in [4.69, 9.17) is 11.2 Å². The van der Waals surface area contributed by atoms with E-state index in [9.17, 15) is 9.90 Å². The smallest absolute Gasteiger partial charge is 0.348 e. The van der Waals surface area contributed by atoms with Crippen molar-refractivity contribution in [2.75, 3.05) is 7.11 Å².